The molecule has 23 heavy (non-hydrogen) atoms. The third-order valence-electron chi connectivity index (χ3n) is 4.93. The molecule has 1 aromatic heterocycles. The van der Waals surface area contributed by atoms with Crippen molar-refractivity contribution in [3.8, 4) is 0 Å². The van der Waals surface area contributed by atoms with E-state index < -0.39 is 0 Å². The van der Waals surface area contributed by atoms with Gasteiger partial charge in [0.05, 0.1) is 0 Å². The van der Waals surface area contributed by atoms with E-state index in [-0.39, 0.29) is 0 Å². The van der Waals surface area contributed by atoms with Crippen molar-refractivity contribution < 1.29 is 5.11 Å². The van der Waals surface area contributed by atoms with E-state index in [1.54, 1.807) is 0 Å². The number of hydrogen-bond acceptors (Lipinski definition) is 6. The number of nitrogens with zero attached hydrogens (tertiary/aromatic N) is 4. The van der Waals surface area contributed by atoms with Gasteiger partial charge in [0.15, 0.2) is 0 Å². The van der Waals surface area contributed by atoms with Gasteiger partial charge in [-0.1, -0.05) is 0 Å². The van der Waals surface area contributed by atoms with E-state index in [1.165, 1.54) is 12.8 Å². The molecule has 128 valence electrons. The molecule has 3 heterocycles. The van der Waals surface area contributed by atoms with Crippen molar-refractivity contribution in [1.82, 2.24) is 14.9 Å². The molecule has 0 aromatic carbocycles. The summed E-state index contributed by atoms with van der Waals surface area (Å²) in [5.41, 5.74) is 1.02. The Labute approximate surface area is 138 Å². The van der Waals surface area contributed by atoms with Crippen LogP contribution in [0.3, 0.4) is 0 Å². The Hall–Kier alpha value is -1.40. The number of piperidine rings is 1. The maximum atomic E-state index is 9.19. The summed E-state index contributed by atoms with van der Waals surface area (Å²) < 4.78 is 0. The van der Waals surface area contributed by atoms with Crippen molar-refractivity contribution >= 4 is 11.8 Å². The van der Waals surface area contributed by atoms with Crippen LogP contribution in [-0.2, 0) is 0 Å². The Morgan fingerprint density at radius 1 is 1.17 bits per heavy atom. The highest BCUT2D eigenvalue weighted by molar-refractivity contribution is 5.44. The maximum Gasteiger partial charge on any atom is 0.227 e. The first-order valence-electron chi connectivity index (χ1n) is 8.92. The molecule has 0 radical (unpaired) electrons. The van der Waals surface area contributed by atoms with E-state index in [0.717, 1.165) is 69.6 Å². The molecule has 2 N–H and O–H groups in total. The second-order valence-corrected chi connectivity index (χ2v) is 6.78. The monoisotopic (exact) mass is 319 g/mol. The topological polar surface area (TPSA) is 64.5 Å². The van der Waals surface area contributed by atoms with Crippen LogP contribution in [0.4, 0.5) is 11.8 Å². The van der Waals surface area contributed by atoms with Gasteiger partial charge in [-0.15, -0.1) is 0 Å². The van der Waals surface area contributed by atoms with Crippen molar-refractivity contribution in [3.05, 3.63) is 11.8 Å². The summed E-state index contributed by atoms with van der Waals surface area (Å²) in [6.07, 6.45) is 4.71. The fourth-order valence-electron chi connectivity index (χ4n) is 3.44. The molecule has 0 bridgehead atoms. The van der Waals surface area contributed by atoms with Crippen molar-refractivity contribution in [3.63, 3.8) is 0 Å². The van der Waals surface area contributed by atoms with Gasteiger partial charge in [0.1, 0.15) is 5.82 Å². The third-order valence-corrected chi connectivity index (χ3v) is 4.93. The molecule has 0 spiro atoms. The molecule has 2 aliphatic rings. The number of aromatic nitrogens is 2. The molecular weight excluding hydrogens is 290 g/mol. The van der Waals surface area contributed by atoms with E-state index in [2.05, 4.69) is 25.1 Å². The SMILES string of the molecule is Cc1cc(NCCN2CCC(CO)CC2)nc(N2CCCC2)n1. The van der Waals surface area contributed by atoms with E-state index in [9.17, 15) is 5.11 Å². The zero-order chi connectivity index (χ0) is 16.1. The summed E-state index contributed by atoms with van der Waals surface area (Å²) in [6.45, 7) is 8.63. The zero-order valence-corrected chi connectivity index (χ0v) is 14.2. The summed E-state index contributed by atoms with van der Waals surface area (Å²) in [5, 5.41) is 12.6. The second kappa shape index (κ2) is 7.93. The first-order valence-corrected chi connectivity index (χ1v) is 8.92. The quantitative estimate of drug-likeness (QED) is 0.828. The highest BCUT2D eigenvalue weighted by atomic mass is 16.3. The fraction of sp³-hybridized carbons (Fsp3) is 0.765. The van der Waals surface area contributed by atoms with Gasteiger partial charge in [-0.3, -0.25) is 0 Å². The average Bonchev–Trinajstić information content (AvgIpc) is 3.09. The van der Waals surface area contributed by atoms with Crippen LogP contribution in [0.2, 0.25) is 0 Å². The van der Waals surface area contributed by atoms with Crippen molar-refractivity contribution in [2.24, 2.45) is 5.92 Å². The maximum absolute atomic E-state index is 9.19. The minimum absolute atomic E-state index is 0.339. The van der Waals surface area contributed by atoms with Gasteiger partial charge in [0.25, 0.3) is 0 Å². The average molecular weight is 319 g/mol. The molecule has 0 unspecified atom stereocenters. The number of hydrogen-bond donors (Lipinski definition) is 2. The van der Waals surface area contributed by atoms with Gasteiger partial charge in [0, 0.05) is 44.5 Å². The van der Waals surface area contributed by atoms with E-state index >= 15 is 0 Å². The molecule has 6 heteroatoms. The molecule has 2 fully saturated rings. The van der Waals surface area contributed by atoms with Crippen LogP contribution in [0.15, 0.2) is 6.07 Å². The summed E-state index contributed by atoms with van der Waals surface area (Å²) >= 11 is 0. The molecule has 2 aliphatic heterocycles. The smallest absolute Gasteiger partial charge is 0.227 e. The largest absolute Gasteiger partial charge is 0.396 e. The number of nitrogens with one attached hydrogen (secondary N) is 1. The lowest BCUT2D eigenvalue weighted by atomic mass is 9.98. The van der Waals surface area contributed by atoms with Crippen LogP contribution in [0.5, 0.6) is 0 Å². The molecular formula is C17H29N5O. The lowest BCUT2D eigenvalue weighted by Gasteiger charge is -2.31. The molecule has 6 nitrogen and oxygen atoms in total. The van der Waals surface area contributed by atoms with Gasteiger partial charge >= 0.3 is 0 Å². The van der Waals surface area contributed by atoms with E-state index in [1.807, 2.05) is 13.0 Å². The third kappa shape index (κ3) is 4.54. The first kappa shape index (κ1) is 16.5. The van der Waals surface area contributed by atoms with Gasteiger partial charge in [-0.25, -0.2) is 4.98 Å². The summed E-state index contributed by atoms with van der Waals surface area (Å²) in [5.74, 6) is 2.31. The first-order chi connectivity index (χ1) is 11.2. The van der Waals surface area contributed by atoms with Crippen LogP contribution >= 0.6 is 0 Å². The van der Waals surface area contributed by atoms with Gasteiger partial charge in [-0.2, -0.15) is 4.98 Å². The Bertz CT molecular complexity index is 496. The Morgan fingerprint density at radius 2 is 1.91 bits per heavy atom. The predicted molar refractivity (Wildman–Crippen MR) is 93.0 cm³/mol. The molecule has 2 saturated heterocycles. The van der Waals surface area contributed by atoms with Crippen LogP contribution in [0.1, 0.15) is 31.4 Å². The molecule has 3 rings (SSSR count). The highest BCUT2D eigenvalue weighted by Gasteiger charge is 2.18. The lowest BCUT2D eigenvalue weighted by molar-refractivity contribution is 0.134. The van der Waals surface area contributed by atoms with Gasteiger partial charge in [0.2, 0.25) is 5.95 Å². The number of aryl methyl sites for hydroxylation is 1. The molecule has 0 saturated carbocycles. The van der Waals surface area contributed by atoms with Crippen LogP contribution < -0.4 is 10.2 Å². The number of aliphatic hydroxyl groups excluding tert-OH is 1. The Morgan fingerprint density at radius 3 is 2.61 bits per heavy atom. The van der Waals surface area contributed by atoms with E-state index in [0.29, 0.717) is 12.5 Å². The van der Waals surface area contributed by atoms with Crippen molar-refractivity contribution in [2.75, 3.05) is 56.1 Å². The number of rotatable bonds is 6. The van der Waals surface area contributed by atoms with Crippen LogP contribution in [0.25, 0.3) is 0 Å². The highest BCUT2D eigenvalue weighted by Crippen LogP contribution is 2.19. The Kier molecular flexibility index (Phi) is 5.67. The summed E-state index contributed by atoms with van der Waals surface area (Å²) in [6, 6.07) is 2.03. The number of anilines is 2. The number of likely N-dealkylation sites (tertiary alicyclic amines) is 1. The van der Waals surface area contributed by atoms with Crippen LogP contribution in [-0.4, -0.2) is 65.8 Å². The molecule has 0 aliphatic carbocycles. The van der Waals surface area contributed by atoms with E-state index in [4.69, 9.17) is 0 Å². The van der Waals surface area contributed by atoms with Crippen LogP contribution in [0, 0.1) is 12.8 Å². The minimum Gasteiger partial charge on any atom is -0.396 e. The fourth-order valence-corrected chi connectivity index (χ4v) is 3.44. The molecule has 1 aromatic rings. The Balaban J connectivity index is 1.48. The molecule has 0 atom stereocenters. The molecule has 0 amide bonds. The zero-order valence-electron chi connectivity index (χ0n) is 14.2. The standard InChI is InChI=1S/C17H29N5O/c1-14-12-16(20-17(19-14)22-7-2-3-8-22)18-6-11-21-9-4-15(13-23)5-10-21/h12,15,23H,2-11,13H2,1H3,(H,18,19,20). The van der Waals surface area contributed by atoms with Gasteiger partial charge < -0.3 is 20.2 Å². The summed E-state index contributed by atoms with van der Waals surface area (Å²) in [7, 11) is 0. The lowest BCUT2D eigenvalue weighted by Crippen LogP contribution is -2.37. The minimum atomic E-state index is 0.339. The van der Waals surface area contributed by atoms with Crippen molar-refractivity contribution in [2.45, 2.75) is 32.6 Å². The van der Waals surface area contributed by atoms with Gasteiger partial charge in [-0.05, 0) is 51.6 Å². The second-order valence-electron chi connectivity index (χ2n) is 6.78. The predicted octanol–water partition coefficient (Wildman–Crippen LogP) is 1.50. The number of aliphatic hydroxyl groups is 1. The van der Waals surface area contributed by atoms with Crippen molar-refractivity contribution in [1.29, 1.82) is 0 Å². The summed E-state index contributed by atoms with van der Waals surface area (Å²) in [4.78, 5) is 14.0. The normalized spacial score (nSPS) is 20.2.